The van der Waals surface area contributed by atoms with Crippen molar-refractivity contribution in [2.45, 2.75) is 26.3 Å². The van der Waals surface area contributed by atoms with Gasteiger partial charge < -0.3 is 19.6 Å². The number of amides is 1. The number of aldehydes is 1. The highest BCUT2D eigenvalue weighted by Crippen LogP contribution is 2.42. The third-order valence-electron chi connectivity index (χ3n) is 3.83. The largest absolute Gasteiger partial charge is 0.464 e. The van der Waals surface area contributed by atoms with Crippen LogP contribution in [0.25, 0.3) is 0 Å². The summed E-state index contributed by atoms with van der Waals surface area (Å²) >= 11 is 0. The molecule has 2 atom stereocenters. The van der Waals surface area contributed by atoms with Crippen LogP contribution in [0.2, 0.25) is 0 Å². The van der Waals surface area contributed by atoms with Crippen LogP contribution in [0.5, 0.6) is 5.75 Å². The molecule has 124 valence electrons. The molecule has 0 aromatic heterocycles. The second-order valence-electron chi connectivity index (χ2n) is 5.59. The zero-order valence-electron chi connectivity index (χ0n) is 13.1. The quantitative estimate of drug-likeness (QED) is 0.663. The standard InChI is InChI=1S/C16H18FNO5/c1-4-22-14(20)16(12(8-19)9(2)3)11-7-10(17)5-6-13(11)23-15(21)18-16/h5-9,12H,4H2,1-3H3,(H,18,21)/t12-,16+/m1/s1. The van der Waals surface area contributed by atoms with Crippen LogP contribution in [0, 0.1) is 17.7 Å². The van der Waals surface area contributed by atoms with Crippen LogP contribution in [0.15, 0.2) is 18.2 Å². The number of carbonyl (C=O) groups excluding carboxylic acids is 3. The lowest BCUT2D eigenvalue weighted by Gasteiger charge is -2.41. The molecule has 1 amide bonds. The molecule has 0 unspecified atom stereocenters. The Morgan fingerprint density at radius 3 is 2.74 bits per heavy atom. The van der Waals surface area contributed by atoms with Gasteiger partial charge in [-0.1, -0.05) is 13.8 Å². The van der Waals surface area contributed by atoms with Crippen LogP contribution in [0.4, 0.5) is 9.18 Å². The van der Waals surface area contributed by atoms with Crippen molar-refractivity contribution in [3.8, 4) is 5.75 Å². The monoisotopic (exact) mass is 323 g/mol. The molecule has 7 heteroatoms. The van der Waals surface area contributed by atoms with Crippen molar-refractivity contribution >= 4 is 18.3 Å². The average Bonchev–Trinajstić information content (AvgIpc) is 2.48. The SMILES string of the molecule is CCOC(=O)[C@]1([C@H](C=O)C(C)C)NC(=O)Oc2ccc(F)cc21. The van der Waals surface area contributed by atoms with Crippen molar-refractivity contribution in [3.63, 3.8) is 0 Å². The Morgan fingerprint density at radius 1 is 1.48 bits per heavy atom. The first-order valence-corrected chi connectivity index (χ1v) is 7.29. The fraction of sp³-hybridized carbons (Fsp3) is 0.438. The van der Waals surface area contributed by atoms with Crippen LogP contribution < -0.4 is 10.1 Å². The molecule has 1 aliphatic heterocycles. The van der Waals surface area contributed by atoms with Gasteiger partial charge in [-0.25, -0.2) is 14.0 Å². The third-order valence-corrected chi connectivity index (χ3v) is 3.83. The van der Waals surface area contributed by atoms with Crippen LogP contribution in [0.3, 0.4) is 0 Å². The number of fused-ring (bicyclic) bond motifs is 1. The Morgan fingerprint density at radius 2 is 2.17 bits per heavy atom. The van der Waals surface area contributed by atoms with E-state index in [1.807, 2.05) is 0 Å². The summed E-state index contributed by atoms with van der Waals surface area (Å²) in [4.78, 5) is 36.3. The first kappa shape index (κ1) is 16.9. The van der Waals surface area contributed by atoms with Gasteiger partial charge in [0, 0.05) is 5.56 Å². The number of benzene rings is 1. The van der Waals surface area contributed by atoms with Gasteiger partial charge in [-0.15, -0.1) is 0 Å². The van der Waals surface area contributed by atoms with Crippen LogP contribution in [-0.2, 0) is 19.9 Å². The molecule has 1 aromatic carbocycles. The van der Waals surface area contributed by atoms with E-state index in [-0.39, 0.29) is 23.8 Å². The molecule has 0 spiro atoms. The predicted molar refractivity (Wildman–Crippen MR) is 78.3 cm³/mol. The van der Waals surface area contributed by atoms with Gasteiger partial charge in [-0.05, 0) is 31.0 Å². The van der Waals surface area contributed by atoms with E-state index >= 15 is 0 Å². The summed E-state index contributed by atoms with van der Waals surface area (Å²) in [6, 6.07) is 3.43. The van der Waals surface area contributed by atoms with E-state index in [1.165, 1.54) is 6.07 Å². The molecule has 0 fully saturated rings. The Hall–Kier alpha value is -2.44. The predicted octanol–water partition coefficient (Wildman–Crippen LogP) is 2.16. The van der Waals surface area contributed by atoms with Gasteiger partial charge in [0.1, 0.15) is 17.9 Å². The summed E-state index contributed by atoms with van der Waals surface area (Å²) in [7, 11) is 0. The Kier molecular flexibility index (Phi) is 4.68. The zero-order chi connectivity index (χ0) is 17.2. The summed E-state index contributed by atoms with van der Waals surface area (Å²) < 4.78 is 23.8. The highest BCUT2D eigenvalue weighted by Gasteiger charge is 2.55. The van der Waals surface area contributed by atoms with E-state index in [4.69, 9.17) is 9.47 Å². The van der Waals surface area contributed by atoms with E-state index in [2.05, 4.69) is 5.32 Å². The van der Waals surface area contributed by atoms with E-state index in [1.54, 1.807) is 20.8 Å². The van der Waals surface area contributed by atoms with E-state index < -0.39 is 29.3 Å². The lowest BCUT2D eigenvalue weighted by molar-refractivity contribution is -0.157. The lowest BCUT2D eigenvalue weighted by atomic mass is 9.72. The van der Waals surface area contributed by atoms with Crippen molar-refractivity contribution in [1.29, 1.82) is 0 Å². The van der Waals surface area contributed by atoms with E-state index in [9.17, 15) is 18.8 Å². The topological polar surface area (TPSA) is 81.7 Å². The second kappa shape index (κ2) is 6.36. The summed E-state index contributed by atoms with van der Waals surface area (Å²) in [5.41, 5.74) is -1.75. The van der Waals surface area contributed by atoms with Gasteiger partial charge in [0.05, 0.1) is 12.5 Å². The number of hydrogen-bond donors (Lipinski definition) is 1. The highest BCUT2D eigenvalue weighted by molar-refractivity contribution is 5.94. The molecule has 1 aromatic rings. The third kappa shape index (κ3) is 2.78. The van der Waals surface area contributed by atoms with Crippen molar-refractivity contribution < 1.29 is 28.2 Å². The van der Waals surface area contributed by atoms with Crippen molar-refractivity contribution in [2.75, 3.05) is 6.61 Å². The molecule has 1 aliphatic rings. The van der Waals surface area contributed by atoms with Gasteiger partial charge in [-0.2, -0.15) is 0 Å². The molecular formula is C16H18FNO5. The fourth-order valence-corrected chi connectivity index (χ4v) is 2.82. The van der Waals surface area contributed by atoms with Crippen LogP contribution in [0.1, 0.15) is 26.3 Å². The van der Waals surface area contributed by atoms with Crippen molar-refractivity contribution in [3.05, 3.63) is 29.6 Å². The lowest BCUT2D eigenvalue weighted by Crippen LogP contribution is -2.62. The molecule has 0 radical (unpaired) electrons. The van der Waals surface area contributed by atoms with Gasteiger partial charge in [0.2, 0.25) is 0 Å². The minimum absolute atomic E-state index is 0.0238. The van der Waals surface area contributed by atoms with Crippen molar-refractivity contribution in [1.82, 2.24) is 5.32 Å². The van der Waals surface area contributed by atoms with Gasteiger partial charge in [0.25, 0.3) is 0 Å². The Labute approximate surface area is 133 Å². The molecule has 0 saturated carbocycles. The number of hydrogen-bond acceptors (Lipinski definition) is 5. The highest BCUT2D eigenvalue weighted by atomic mass is 19.1. The maximum Gasteiger partial charge on any atom is 0.413 e. The minimum Gasteiger partial charge on any atom is -0.464 e. The normalized spacial score (nSPS) is 21.0. The van der Waals surface area contributed by atoms with Crippen LogP contribution >= 0.6 is 0 Å². The molecule has 0 saturated heterocycles. The number of ether oxygens (including phenoxy) is 2. The molecule has 23 heavy (non-hydrogen) atoms. The molecular weight excluding hydrogens is 305 g/mol. The summed E-state index contributed by atoms with van der Waals surface area (Å²) in [5.74, 6) is -2.68. The molecule has 0 aliphatic carbocycles. The molecule has 2 rings (SSSR count). The number of carbonyl (C=O) groups is 3. The molecule has 0 bridgehead atoms. The average molecular weight is 323 g/mol. The van der Waals surface area contributed by atoms with E-state index in [0.717, 1.165) is 12.1 Å². The molecule has 1 N–H and O–H groups in total. The second-order valence-corrected chi connectivity index (χ2v) is 5.59. The first-order valence-electron chi connectivity index (χ1n) is 7.29. The Bertz CT molecular complexity index is 645. The number of esters is 1. The summed E-state index contributed by atoms with van der Waals surface area (Å²) in [6.45, 7) is 5.09. The molecule has 1 heterocycles. The Balaban J connectivity index is 2.76. The van der Waals surface area contributed by atoms with Gasteiger partial charge >= 0.3 is 12.1 Å². The van der Waals surface area contributed by atoms with E-state index in [0.29, 0.717) is 6.29 Å². The zero-order valence-corrected chi connectivity index (χ0v) is 13.1. The number of rotatable bonds is 5. The van der Waals surface area contributed by atoms with Crippen LogP contribution in [-0.4, -0.2) is 25.0 Å². The number of nitrogens with one attached hydrogen (secondary N) is 1. The van der Waals surface area contributed by atoms with Gasteiger partial charge in [-0.3, -0.25) is 0 Å². The summed E-state index contributed by atoms with van der Waals surface area (Å²) in [6.07, 6.45) is -0.327. The smallest absolute Gasteiger partial charge is 0.413 e. The number of halogens is 1. The molecule has 6 nitrogen and oxygen atoms in total. The minimum atomic E-state index is -1.82. The first-order chi connectivity index (χ1) is 10.9. The summed E-state index contributed by atoms with van der Waals surface area (Å²) in [5, 5.41) is 2.40. The van der Waals surface area contributed by atoms with Gasteiger partial charge in [0.15, 0.2) is 5.54 Å². The fourth-order valence-electron chi connectivity index (χ4n) is 2.82. The maximum absolute atomic E-state index is 13.7. The van der Waals surface area contributed by atoms with Crippen molar-refractivity contribution in [2.24, 2.45) is 11.8 Å². The maximum atomic E-state index is 13.7.